The number of hydrogen-bond acceptors (Lipinski definition) is 1. The van der Waals surface area contributed by atoms with Crippen LogP contribution in [0.3, 0.4) is 0 Å². The second kappa shape index (κ2) is 9.21. The van der Waals surface area contributed by atoms with E-state index in [9.17, 15) is 0 Å². The zero-order chi connectivity index (χ0) is 11.7. The summed E-state index contributed by atoms with van der Waals surface area (Å²) in [5.74, 6) is 1.72. The van der Waals surface area contributed by atoms with Crippen LogP contribution in [0.25, 0.3) is 0 Å². The van der Waals surface area contributed by atoms with Gasteiger partial charge in [0, 0.05) is 6.04 Å². The van der Waals surface area contributed by atoms with Crippen molar-refractivity contribution in [1.29, 1.82) is 0 Å². The summed E-state index contributed by atoms with van der Waals surface area (Å²) >= 11 is 0. The largest absolute Gasteiger partial charge is 0.314 e. The van der Waals surface area contributed by atoms with Crippen LogP contribution in [0.5, 0.6) is 0 Å². The lowest BCUT2D eigenvalue weighted by Gasteiger charge is -2.22. The SMILES string of the molecule is CCCC(C)CC(CCC(C)C)NCC. The van der Waals surface area contributed by atoms with Gasteiger partial charge >= 0.3 is 0 Å². The van der Waals surface area contributed by atoms with E-state index in [0.717, 1.165) is 24.4 Å². The van der Waals surface area contributed by atoms with Crippen molar-refractivity contribution in [1.82, 2.24) is 5.32 Å². The molecule has 0 aliphatic heterocycles. The van der Waals surface area contributed by atoms with Crippen molar-refractivity contribution in [3.8, 4) is 0 Å². The molecule has 0 aliphatic carbocycles. The zero-order valence-corrected chi connectivity index (χ0v) is 11.5. The maximum Gasteiger partial charge on any atom is 0.00695 e. The molecule has 0 fully saturated rings. The fourth-order valence-electron chi connectivity index (χ4n) is 2.22. The molecule has 0 spiro atoms. The molecule has 0 aliphatic rings. The molecule has 0 radical (unpaired) electrons. The average molecular weight is 213 g/mol. The molecule has 2 unspecified atom stereocenters. The first-order valence-electron chi connectivity index (χ1n) is 6.83. The summed E-state index contributed by atoms with van der Waals surface area (Å²) < 4.78 is 0. The summed E-state index contributed by atoms with van der Waals surface area (Å²) in [5, 5.41) is 3.63. The molecule has 0 aromatic heterocycles. The smallest absolute Gasteiger partial charge is 0.00695 e. The summed E-state index contributed by atoms with van der Waals surface area (Å²) in [7, 11) is 0. The van der Waals surface area contributed by atoms with Crippen molar-refractivity contribution in [2.24, 2.45) is 11.8 Å². The molecule has 0 saturated carbocycles. The van der Waals surface area contributed by atoms with Crippen LogP contribution in [0, 0.1) is 11.8 Å². The average Bonchev–Trinajstić information content (AvgIpc) is 2.15. The van der Waals surface area contributed by atoms with Gasteiger partial charge in [0.1, 0.15) is 0 Å². The third-order valence-electron chi connectivity index (χ3n) is 3.05. The minimum Gasteiger partial charge on any atom is -0.314 e. The molecule has 1 nitrogen and oxygen atoms in total. The van der Waals surface area contributed by atoms with Crippen LogP contribution in [0.2, 0.25) is 0 Å². The van der Waals surface area contributed by atoms with Crippen LogP contribution in [-0.2, 0) is 0 Å². The molecular formula is C14H31N. The van der Waals surface area contributed by atoms with E-state index in [4.69, 9.17) is 0 Å². The highest BCUT2D eigenvalue weighted by atomic mass is 14.9. The topological polar surface area (TPSA) is 12.0 Å². The van der Waals surface area contributed by atoms with Crippen molar-refractivity contribution in [2.75, 3.05) is 6.54 Å². The summed E-state index contributed by atoms with van der Waals surface area (Å²) in [5.41, 5.74) is 0. The van der Waals surface area contributed by atoms with E-state index < -0.39 is 0 Å². The lowest BCUT2D eigenvalue weighted by molar-refractivity contribution is 0.352. The Bertz CT molecular complexity index is 131. The van der Waals surface area contributed by atoms with Gasteiger partial charge in [-0.15, -0.1) is 0 Å². The van der Waals surface area contributed by atoms with E-state index in [2.05, 4.69) is 39.9 Å². The fraction of sp³-hybridized carbons (Fsp3) is 1.00. The molecule has 0 bridgehead atoms. The van der Waals surface area contributed by atoms with Gasteiger partial charge < -0.3 is 5.32 Å². The minimum atomic E-state index is 0.749. The van der Waals surface area contributed by atoms with Gasteiger partial charge in [0.05, 0.1) is 0 Å². The van der Waals surface area contributed by atoms with Gasteiger partial charge in [0.25, 0.3) is 0 Å². The number of nitrogens with one attached hydrogen (secondary N) is 1. The Balaban J connectivity index is 3.80. The zero-order valence-electron chi connectivity index (χ0n) is 11.5. The number of hydrogen-bond donors (Lipinski definition) is 1. The molecule has 2 atom stereocenters. The maximum atomic E-state index is 3.63. The molecule has 1 N–H and O–H groups in total. The first-order chi connectivity index (χ1) is 7.10. The van der Waals surface area contributed by atoms with Crippen molar-refractivity contribution in [3.63, 3.8) is 0 Å². The van der Waals surface area contributed by atoms with Gasteiger partial charge in [-0.2, -0.15) is 0 Å². The van der Waals surface area contributed by atoms with E-state index in [1.54, 1.807) is 0 Å². The third kappa shape index (κ3) is 8.92. The second-order valence-electron chi connectivity index (χ2n) is 5.36. The molecule has 0 aromatic carbocycles. The molecule has 0 aromatic rings. The summed E-state index contributed by atoms with van der Waals surface area (Å²) in [6, 6.07) is 0.749. The Labute approximate surface area is 97.0 Å². The molecule has 15 heavy (non-hydrogen) atoms. The van der Waals surface area contributed by atoms with Crippen LogP contribution in [0.15, 0.2) is 0 Å². The van der Waals surface area contributed by atoms with Crippen molar-refractivity contribution in [2.45, 2.75) is 72.8 Å². The Morgan fingerprint density at radius 2 is 1.60 bits per heavy atom. The molecule has 1 heteroatoms. The van der Waals surface area contributed by atoms with Gasteiger partial charge in [0.15, 0.2) is 0 Å². The van der Waals surface area contributed by atoms with Crippen LogP contribution in [0.1, 0.15) is 66.7 Å². The quantitative estimate of drug-likeness (QED) is 0.604. The van der Waals surface area contributed by atoms with E-state index in [-0.39, 0.29) is 0 Å². The highest BCUT2D eigenvalue weighted by Gasteiger charge is 2.12. The predicted octanol–water partition coefficient (Wildman–Crippen LogP) is 4.23. The Morgan fingerprint density at radius 3 is 2.07 bits per heavy atom. The standard InChI is InChI=1S/C14H31N/c1-6-8-13(5)11-14(15-7-2)10-9-12(3)4/h12-15H,6-11H2,1-5H3. The highest BCUT2D eigenvalue weighted by Crippen LogP contribution is 2.17. The van der Waals surface area contributed by atoms with Crippen molar-refractivity contribution in [3.05, 3.63) is 0 Å². The molecule has 0 amide bonds. The van der Waals surface area contributed by atoms with Gasteiger partial charge in [-0.25, -0.2) is 0 Å². The van der Waals surface area contributed by atoms with Crippen molar-refractivity contribution < 1.29 is 0 Å². The van der Waals surface area contributed by atoms with Gasteiger partial charge in [0.2, 0.25) is 0 Å². The van der Waals surface area contributed by atoms with E-state index in [1.807, 2.05) is 0 Å². The van der Waals surface area contributed by atoms with Gasteiger partial charge in [-0.05, 0) is 37.6 Å². The summed E-state index contributed by atoms with van der Waals surface area (Å²) in [6.07, 6.45) is 6.76. The minimum absolute atomic E-state index is 0.749. The number of rotatable bonds is 9. The lowest BCUT2D eigenvalue weighted by Crippen LogP contribution is -2.31. The first-order valence-corrected chi connectivity index (χ1v) is 6.83. The van der Waals surface area contributed by atoms with Crippen LogP contribution in [0.4, 0.5) is 0 Å². The second-order valence-corrected chi connectivity index (χ2v) is 5.36. The lowest BCUT2D eigenvalue weighted by atomic mass is 9.93. The van der Waals surface area contributed by atoms with Crippen LogP contribution in [-0.4, -0.2) is 12.6 Å². The van der Waals surface area contributed by atoms with Gasteiger partial charge in [-0.3, -0.25) is 0 Å². The molecule has 0 rings (SSSR count). The van der Waals surface area contributed by atoms with Crippen molar-refractivity contribution >= 4 is 0 Å². The third-order valence-corrected chi connectivity index (χ3v) is 3.05. The first kappa shape index (κ1) is 15.0. The normalized spacial score (nSPS) is 15.6. The maximum absolute atomic E-state index is 3.63. The summed E-state index contributed by atoms with van der Waals surface area (Å²) in [6.45, 7) is 12.6. The van der Waals surface area contributed by atoms with Crippen LogP contribution < -0.4 is 5.32 Å². The Kier molecular flexibility index (Phi) is 9.18. The Hall–Kier alpha value is -0.0400. The predicted molar refractivity (Wildman–Crippen MR) is 70.2 cm³/mol. The summed E-state index contributed by atoms with van der Waals surface area (Å²) in [4.78, 5) is 0. The van der Waals surface area contributed by atoms with E-state index in [0.29, 0.717) is 0 Å². The molecular weight excluding hydrogens is 182 g/mol. The van der Waals surface area contributed by atoms with Gasteiger partial charge in [-0.1, -0.05) is 47.5 Å². The van der Waals surface area contributed by atoms with E-state index in [1.165, 1.54) is 32.1 Å². The Morgan fingerprint density at radius 1 is 0.933 bits per heavy atom. The van der Waals surface area contributed by atoms with Crippen LogP contribution >= 0.6 is 0 Å². The molecule has 0 heterocycles. The monoisotopic (exact) mass is 213 g/mol. The fourth-order valence-corrected chi connectivity index (χ4v) is 2.22. The molecule has 0 saturated heterocycles. The van der Waals surface area contributed by atoms with E-state index >= 15 is 0 Å². The molecule has 92 valence electrons. The highest BCUT2D eigenvalue weighted by molar-refractivity contribution is 4.70.